The van der Waals surface area contributed by atoms with Gasteiger partial charge in [-0.1, -0.05) is 103 Å². The van der Waals surface area contributed by atoms with E-state index in [9.17, 15) is 4.79 Å². The molecule has 0 spiro atoms. The van der Waals surface area contributed by atoms with Crippen molar-refractivity contribution in [2.24, 2.45) is 0 Å². The zero-order chi connectivity index (χ0) is 25.8. The molecule has 1 aliphatic heterocycles. The number of hydrogen-bond donors (Lipinski definition) is 1. The first-order chi connectivity index (χ1) is 18.8. The van der Waals surface area contributed by atoms with E-state index in [1.165, 1.54) is 0 Å². The van der Waals surface area contributed by atoms with E-state index in [4.69, 9.17) is 0 Å². The van der Waals surface area contributed by atoms with Crippen LogP contribution >= 0.6 is 0 Å². The Hall–Kier alpha value is -4.78. The largest absolute Gasteiger partial charge is 0.336 e. The quantitative estimate of drug-likeness (QED) is 0.310. The molecule has 7 nitrogen and oxygen atoms in total. The molecule has 2 amide bonds. The van der Waals surface area contributed by atoms with Gasteiger partial charge in [-0.25, -0.2) is 9.48 Å². The number of aryl methyl sites for hydroxylation is 2. The van der Waals surface area contributed by atoms with Gasteiger partial charge in [0, 0.05) is 25.2 Å². The Morgan fingerprint density at radius 1 is 0.711 bits per heavy atom. The lowest BCUT2D eigenvalue weighted by molar-refractivity contribution is 0.252. The minimum atomic E-state index is -0.740. The summed E-state index contributed by atoms with van der Waals surface area (Å²) in [6.45, 7) is 1.36. The number of amides is 2. The van der Waals surface area contributed by atoms with Crippen LogP contribution in [0.3, 0.4) is 0 Å². The van der Waals surface area contributed by atoms with Gasteiger partial charge in [0.2, 0.25) is 0 Å². The molecule has 0 radical (unpaired) electrons. The highest BCUT2D eigenvalue weighted by Gasteiger charge is 2.41. The number of benzene rings is 4. The third kappa shape index (κ3) is 4.22. The van der Waals surface area contributed by atoms with Crippen LogP contribution in [-0.4, -0.2) is 39.3 Å². The number of nitrogens with zero attached hydrogens (tertiary/aromatic N) is 5. The molecule has 0 aliphatic carbocycles. The Morgan fingerprint density at radius 2 is 1.26 bits per heavy atom. The zero-order valence-electron chi connectivity index (χ0n) is 20.9. The lowest BCUT2D eigenvalue weighted by Crippen LogP contribution is -2.40. The van der Waals surface area contributed by atoms with Gasteiger partial charge in [-0.05, 0) is 51.2 Å². The topological polar surface area (TPSA) is 75.9 Å². The molecule has 2 heterocycles. The molecule has 38 heavy (non-hydrogen) atoms. The first-order valence-corrected chi connectivity index (χ1v) is 12.9. The molecule has 5 aromatic rings. The van der Waals surface area contributed by atoms with Crippen LogP contribution in [0.5, 0.6) is 0 Å². The van der Waals surface area contributed by atoms with Crippen molar-refractivity contribution in [3.8, 4) is 0 Å². The van der Waals surface area contributed by atoms with Crippen molar-refractivity contribution in [2.45, 2.75) is 18.4 Å². The molecule has 0 atom stereocenters. The van der Waals surface area contributed by atoms with E-state index >= 15 is 0 Å². The van der Waals surface area contributed by atoms with Gasteiger partial charge in [0.05, 0.1) is 0 Å². The second kappa shape index (κ2) is 10.3. The van der Waals surface area contributed by atoms with Crippen LogP contribution in [0, 0.1) is 0 Å². The summed E-state index contributed by atoms with van der Waals surface area (Å²) >= 11 is 0. The highest BCUT2D eigenvalue weighted by atomic mass is 16.2. The number of aromatic nitrogens is 4. The van der Waals surface area contributed by atoms with Crippen molar-refractivity contribution in [3.05, 3.63) is 143 Å². The molecule has 6 rings (SSSR count). The predicted octanol–water partition coefficient (Wildman–Crippen LogP) is 4.83. The Kier molecular flexibility index (Phi) is 6.40. The molecule has 1 N–H and O–H groups in total. The Labute approximate surface area is 221 Å². The molecule has 4 aromatic carbocycles. The number of urea groups is 1. The molecule has 1 fully saturated rings. The lowest BCUT2D eigenvalue weighted by Gasteiger charge is -2.36. The Bertz CT molecular complexity index is 1400. The number of tetrazole rings is 1. The van der Waals surface area contributed by atoms with Crippen LogP contribution in [0.1, 0.15) is 28.1 Å². The highest BCUT2D eigenvalue weighted by molar-refractivity contribution is 5.93. The van der Waals surface area contributed by atoms with Crippen molar-refractivity contribution in [1.29, 1.82) is 0 Å². The van der Waals surface area contributed by atoms with Gasteiger partial charge >= 0.3 is 6.03 Å². The van der Waals surface area contributed by atoms with Crippen LogP contribution in [0.25, 0.3) is 0 Å². The summed E-state index contributed by atoms with van der Waals surface area (Å²) in [5.74, 6) is 0.796. The maximum atomic E-state index is 12.0. The smallest absolute Gasteiger partial charge is 0.321 e. The minimum Gasteiger partial charge on any atom is -0.336 e. The van der Waals surface area contributed by atoms with Crippen molar-refractivity contribution in [1.82, 2.24) is 25.5 Å². The lowest BCUT2D eigenvalue weighted by atomic mass is 9.77. The summed E-state index contributed by atoms with van der Waals surface area (Å²) in [5, 5.41) is 16.1. The number of rotatable bonds is 8. The van der Waals surface area contributed by atoms with Crippen LogP contribution in [0.15, 0.2) is 115 Å². The van der Waals surface area contributed by atoms with Crippen LogP contribution in [-0.2, 0) is 18.4 Å². The minimum absolute atomic E-state index is 0.0454. The van der Waals surface area contributed by atoms with Crippen molar-refractivity contribution in [3.63, 3.8) is 0 Å². The van der Waals surface area contributed by atoms with Gasteiger partial charge in [-0.3, -0.25) is 4.90 Å². The van der Waals surface area contributed by atoms with Gasteiger partial charge in [-0.2, -0.15) is 0 Å². The van der Waals surface area contributed by atoms with E-state index in [2.05, 4.69) is 106 Å². The summed E-state index contributed by atoms with van der Waals surface area (Å²) in [5.41, 5.74) is 4.57. The van der Waals surface area contributed by atoms with Crippen LogP contribution in [0.4, 0.5) is 10.5 Å². The van der Waals surface area contributed by atoms with E-state index in [-0.39, 0.29) is 6.03 Å². The molecule has 1 saturated heterocycles. The third-order valence-corrected chi connectivity index (χ3v) is 7.17. The first-order valence-electron chi connectivity index (χ1n) is 12.9. The number of carbonyl (C=O) groups excluding carboxylic acids is 1. The molecule has 0 saturated carbocycles. The summed E-state index contributed by atoms with van der Waals surface area (Å²) in [6, 6.07) is 39.4. The monoisotopic (exact) mass is 500 g/mol. The summed E-state index contributed by atoms with van der Waals surface area (Å²) in [6.07, 6.45) is 1.42. The zero-order valence-corrected chi connectivity index (χ0v) is 20.9. The second-order valence-corrected chi connectivity index (χ2v) is 9.37. The molecule has 1 aliphatic rings. The Balaban J connectivity index is 1.39. The fourth-order valence-electron chi connectivity index (χ4n) is 5.34. The number of anilines is 1. The molecular formula is C31H28N6O. The standard InChI is InChI=1S/C31H28N6O/c38-30-32-22-23-36(30)28-19-16-24(17-20-28)18-21-29-33-34-35-37(29)31(25-10-4-1-5-11-25,26-12-6-2-7-13-26)27-14-8-3-9-15-27/h1-17,19-20H,18,21-23H2,(H,32,38). The molecule has 0 bridgehead atoms. The number of hydrogen-bond acceptors (Lipinski definition) is 4. The normalized spacial score (nSPS) is 13.5. The van der Waals surface area contributed by atoms with Crippen molar-refractivity contribution >= 4 is 11.7 Å². The van der Waals surface area contributed by atoms with E-state index in [0.717, 1.165) is 40.2 Å². The highest BCUT2D eigenvalue weighted by Crippen LogP contribution is 2.40. The van der Waals surface area contributed by atoms with Crippen molar-refractivity contribution in [2.75, 3.05) is 18.0 Å². The summed E-state index contributed by atoms with van der Waals surface area (Å²) in [7, 11) is 0. The first kappa shape index (κ1) is 23.6. The van der Waals surface area contributed by atoms with E-state index in [1.807, 2.05) is 35.0 Å². The van der Waals surface area contributed by atoms with Crippen LogP contribution < -0.4 is 10.2 Å². The second-order valence-electron chi connectivity index (χ2n) is 9.37. The number of carbonyl (C=O) groups is 1. The molecule has 0 unspecified atom stereocenters. The molecule has 1 aromatic heterocycles. The van der Waals surface area contributed by atoms with E-state index in [1.54, 1.807) is 4.90 Å². The summed E-state index contributed by atoms with van der Waals surface area (Å²) < 4.78 is 1.98. The van der Waals surface area contributed by atoms with Gasteiger partial charge in [0.1, 0.15) is 5.54 Å². The van der Waals surface area contributed by atoms with E-state index in [0.29, 0.717) is 19.5 Å². The molecule has 7 heteroatoms. The summed E-state index contributed by atoms with van der Waals surface area (Å²) in [4.78, 5) is 13.8. The Morgan fingerprint density at radius 3 is 1.76 bits per heavy atom. The maximum absolute atomic E-state index is 12.0. The predicted molar refractivity (Wildman–Crippen MR) is 147 cm³/mol. The van der Waals surface area contributed by atoms with Crippen molar-refractivity contribution < 1.29 is 4.79 Å². The fraction of sp³-hybridized carbons (Fsp3) is 0.161. The fourth-order valence-corrected chi connectivity index (χ4v) is 5.34. The third-order valence-electron chi connectivity index (χ3n) is 7.17. The molecular weight excluding hydrogens is 472 g/mol. The van der Waals surface area contributed by atoms with Crippen LogP contribution in [0.2, 0.25) is 0 Å². The molecule has 188 valence electrons. The number of nitrogens with one attached hydrogen (secondary N) is 1. The van der Waals surface area contributed by atoms with Gasteiger partial charge in [0.15, 0.2) is 5.82 Å². The van der Waals surface area contributed by atoms with Gasteiger partial charge < -0.3 is 5.32 Å². The van der Waals surface area contributed by atoms with Gasteiger partial charge in [-0.15, -0.1) is 5.10 Å². The van der Waals surface area contributed by atoms with E-state index < -0.39 is 5.54 Å². The SMILES string of the molecule is O=C1NCCN1c1ccc(CCc2nnnn2C(c2ccccc2)(c2ccccc2)c2ccccc2)cc1. The maximum Gasteiger partial charge on any atom is 0.321 e. The average Bonchev–Trinajstić information content (AvgIpc) is 3.64. The van der Waals surface area contributed by atoms with Gasteiger partial charge in [0.25, 0.3) is 0 Å². The average molecular weight is 501 g/mol.